The van der Waals surface area contributed by atoms with Crippen LogP contribution < -0.4 is 5.32 Å². The van der Waals surface area contributed by atoms with Gasteiger partial charge in [0, 0.05) is 13.6 Å². The zero-order valence-electron chi connectivity index (χ0n) is 12.5. The molecule has 0 radical (unpaired) electrons. The van der Waals surface area contributed by atoms with Crippen LogP contribution >= 0.6 is 0 Å². The summed E-state index contributed by atoms with van der Waals surface area (Å²) in [4.78, 5) is 24.8. The van der Waals surface area contributed by atoms with E-state index in [-0.39, 0.29) is 18.4 Å². The SMILES string of the molecule is Cc1ccccc1CN(C)C(=O)CNC(C(=O)O)C1CC1. The van der Waals surface area contributed by atoms with Crippen LogP contribution in [-0.2, 0) is 16.1 Å². The van der Waals surface area contributed by atoms with Crippen LogP contribution in [0, 0.1) is 12.8 Å². The number of aryl methyl sites for hydroxylation is 1. The number of carboxylic acids is 1. The molecule has 0 aliphatic heterocycles. The van der Waals surface area contributed by atoms with E-state index in [0.29, 0.717) is 6.54 Å². The predicted molar refractivity (Wildman–Crippen MR) is 79.8 cm³/mol. The molecule has 0 spiro atoms. The molecule has 21 heavy (non-hydrogen) atoms. The molecule has 0 bridgehead atoms. The van der Waals surface area contributed by atoms with E-state index < -0.39 is 12.0 Å². The maximum Gasteiger partial charge on any atom is 0.320 e. The average Bonchev–Trinajstić information content (AvgIpc) is 3.25. The topological polar surface area (TPSA) is 69.6 Å². The number of benzene rings is 1. The quantitative estimate of drug-likeness (QED) is 0.796. The van der Waals surface area contributed by atoms with Gasteiger partial charge in [-0.25, -0.2) is 0 Å². The van der Waals surface area contributed by atoms with Gasteiger partial charge in [-0.15, -0.1) is 0 Å². The van der Waals surface area contributed by atoms with Crippen LogP contribution in [0.4, 0.5) is 0 Å². The van der Waals surface area contributed by atoms with Crippen LogP contribution in [0.5, 0.6) is 0 Å². The first kappa shape index (κ1) is 15.5. The summed E-state index contributed by atoms with van der Waals surface area (Å²) < 4.78 is 0. The molecule has 2 N–H and O–H groups in total. The molecular formula is C16H22N2O3. The minimum absolute atomic E-state index is 0.0653. The van der Waals surface area contributed by atoms with Crippen molar-refractivity contribution in [2.45, 2.75) is 32.4 Å². The highest BCUT2D eigenvalue weighted by Crippen LogP contribution is 2.32. The summed E-state index contributed by atoms with van der Waals surface area (Å²) in [6.45, 7) is 2.61. The van der Waals surface area contributed by atoms with Crippen molar-refractivity contribution in [1.82, 2.24) is 10.2 Å². The molecule has 1 aromatic rings. The smallest absolute Gasteiger partial charge is 0.320 e. The van der Waals surface area contributed by atoms with Gasteiger partial charge in [0.05, 0.1) is 6.54 Å². The number of aliphatic carboxylic acids is 1. The Morgan fingerprint density at radius 3 is 2.62 bits per heavy atom. The Labute approximate surface area is 125 Å². The van der Waals surface area contributed by atoms with Gasteiger partial charge in [-0.2, -0.15) is 0 Å². The molecule has 5 nitrogen and oxygen atoms in total. The number of carbonyl (C=O) groups excluding carboxylic acids is 1. The van der Waals surface area contributed by atoms with Crippen molar-refractivity contribution in [2.75, 3.05) is 13.6 Å². The third kappa shape index (κ3) is 4.29. The van der Waals surface area contributed by atoms with Crippen LogP contribution in [0.25, 0.3) is 0 Å². The average molecular weight is 290 g/mol. The van der Waals surface area contributed by atoms with E-state index in [4.69, 9.17) is 5.11 Å². The summed E-state index contributed by atoms with van der Waals surface area (Å²) in [7, 11) is 1.74. The fraction of sp³-hybridized carbons (Fsp3) is 0.500. The molecular weight excluding hydrogens is 268 g/mol. The largest absolute Gasteiger partial charge is 0.480 e. The van der Waals surface area contributed by atoms with E-state index in [1.165, 1.54) is 0 Å². The van der Waals surface area contributed by atoms with Gasteiger partial charge in [-0.05, 0) is 36.8 Å². The summed E-state index contributed by atoms with van der Waals surface area (Å²) >= 11 is 0. The Hall–Kier alpha value is -1.88. The van der Waals surface area contributed by atoms with Crippen LogP contribution in [0.1, 0.15) is 24.0 Å². The Morgan fingerprint density at radius 2 is 2.05 bits per heavy atom. The summed E-state index contributed by atoms with van der Waals surface area (Å²) in [6.07, 6.45) is 1.86. The first-order chi connectivity index (χ1) is 9.99. The summed E-state index contributed by atoms with van der Waals surface area (Å²) in [5.74, 6) is -0.783. The van der Waals surface area contributed by atoms with Crippen molar-refractivity contribution in [3.05, 3.63) is 35.4 Å². The number of amides is 1. The van der Waals surface area contributed by atoms with Gasteiger partial charge in [-0.3, -0.25) is 14.9 Å². The number of hydrogen-bond acceptors (Lipinski definition) is 3. The molecule has 0 aromatic heterocycles. The third-order valence-corrected chi connectivity index (χ3v) is 3.93. The molecule has 1 atom stereocenters. The number of carboxylic acid groups (broad SMARTS) is 1. The van der Waals surface area contributed by atoms with Crippen molar-refractivity contribution < 1.29 is 14.7 Å². The van der Waals surface area contributed by atoms with Crippen molar-refractivity contribution in [2.24, 2.45) is 5.92 Å². The maximum atomic E-state index is 12.1. The van der Waals surface area contributed by atoms with Crippen LogP contribution in [0.2, 0.25) is 0 Å². The van der Waals surface area contributed by atoms with Gasteiger partial charge in [0.1, 0.15) is 6.04 Å². The number of rotatable bonds is 7. The van der Waals surface area contributed by atoms with Gasteiger partial charge in [0.2, 0.25) is 5.91 Å². The number of likely N-dealkylation sites (N-methyl/N-ethyl adjacent to an activating group) is 1. The van der Waals surface area contributed by atoms with Crippen molar-refractivity contribution in [3.8, 4) is 0 Å². The molecule has 1 unspecified atom stereocenters. The fourth-order valence-electron chi connectivity index (χ4n) is 2.35. The summed E-state index contributed by atoms with van der Waals surface area (Å²) in [5.41, 5.74) is 2.25. The molecule has 1 amide bonds. The molecule has 114 valence electrons. The summed E-state index contributed by atoms with van der Waals surface area (Å²) in [5, 5.41) is 12.0. The Bertz CT molecular complexity index is 526. The molecule has 2 rings (SSSR count). The second-order valence-corrected chi connectivity index (χ2v) is 5.71. The first-order valence-corrected chi connectivity index (χ1v) is 7.23. The highest BCUT2D eigenvalue weighted by molar-refractivity contribution is 5.80. The lowest BCUT2D eigenvalue weighted by Gasteiger charge is -2.20. The van der Waals surface area contributed by atoms with Crippen LogP contribution in [0.15, 0.2) is 24.3 Å². The second-order valence-electron chi connectivity index (χ2n) is 5.71. The molecule has 1 fully saturated rings. The minimum Gasteiger partial charge on any atom is -0.480 e. The lowest BCUT2D eigenvalue weighted by molar-refractivity contribution is -0.140. The fourth-order valence-corrected chi connectivity index (χ4v) is 2.35. The number of nitrogens with zero attached hydrogens (tertiary/aromatic N) is 1. The monoisotopic (exact) mass is 290 g/mol. The zero-order valence-corrected chi connectivity index (χ0v) is 12.5. The highest BCUT2D eigenvalue weighted by atomic mass is 16.4. The Kier molecular flexibility index (Phi) is 4.96. The van der Waals surface area contributed by atoms with Crippen molar-refractivity contribution in [1.29, 1.82) is 0 Å². The maximum absolute atomic E-state index is 12.1. The molecule has 1 aromatic carbocycles. The van der Waals surface area contributed by atoms with E-state index in [0.717, 1.165) is 24.0 Å². The molecule has 1 saturated carbocycles. The van der Waals surface area contributed by atoms with Gasteiger partial charge >= 0.3 is 5.97 Å². The van der Waals surface area contributed by atoms with E-state index in [9.17, 15) is 9.59 Å². The molecule has 0 saturated heterocycles. The van der Waals surface area contributed by atoms with Gasteiger partial charge in [0.15, 0.2) is 0 Å². The van der Waals surface area contributed by atoms with Crippen LogP contribution in [0.3, 0.4) is 0 Å². The normalized spacial score (nSPS) is 15.5. The molecule has 1 aliphatic rings. The zero-order chi connectivity index (χ0) is 15.4. The molecule has 5 heteroatoms. The van der Waals surface area contributed by atoms with Gasteiger partial charge in [0.25, 0.3) is 0 Å². The van der Waals surface area contributed by atoms with E-state index in [2.05, 4.69) is 5.32 Å². The third-order valence-electron chi connectivity index (χ3n) is 3.93. The highest BCUT2D eigenvalue weighted by Gasteiger charge is 2.36. The number of hydrogen-bond donors (Lipinski definition) is 2. The van der Waals surface area contributed by atoms with E-state index >= 15 is 0 Å². The lowest BCUT2D eigenvalue weighted by Crippen LogP contribution is -2.44. The van der Waals surface area contributed by atoms with Gasteiger partial charge < -0.3 is 10.0 Å². The summed E-state index contributed by atoms with van der Waals surface area (Å²) in [6, 6.07) is 7.33. The Morgan fingerprint density at radius 1 is 1.38 bits per heavy atom. The first-order valence-electron chi connectivity index (χ1n) is 7.23. The van der Waals surface area contributed by atoms with Gasteiger partial charge in [-0.1, -0.05) is 24.3 Å². The number of nitrogens with one attached hydrogen (secondary N) is 1. The van der Waals surface area contributed by atoms with E-state index in [1.807, 2.05) is 31.2 Å². The van der Waals surface area contributed by atoms with Crippen molar-refractivity contribution in [3.63, 3.8) is 0 Å². The standard InChI is InChI=1S/C16H22N2O3/c1-11-5-3-4-6-13(11)10-18(2)14(19)9-17-15(16(20)21)12-7-8-12/h3-6,12,15,17H,7-10H2,1-2H3,(H,20,21). The Balaban J connectivity index is 1.85. The number of carbonyl (C=O) groups is 2. The minimum atomic E-state index is -0.869. The van der Waals surface area contributed by atoms with Crippen molar-refractivity contribution >= 4 is 11.9 Å². The lowest BCUT2D eigenvalue weighted by atomic mass is 10.1. The second kappa shape index (κ2) is 6.72. The molecule has 1 aliphatic carbocycles. The molecule has 0 heterocycles. The van der Waals surface area contributed by atoms with E-state index in [1.54, 1.807) is 11.9 Å². The van der Waals surface area contributed by atoms with Crippen LogP contribution in [-0.4, -0.2) is 41.5 Å². The predicted octanol–water partition coefficient (Wildman–Crippen LogP) is 1.41.